The van der Waals surface area contributed by atoms with Gasteiger partial charge in [-0.25, -0.2) is 0 Å². The Kier molecular flexibility index (Phi) is 5.29. The van der Waals surface area contributed by atoms with Crippen LogP contribution in [0.2, 0.25) is 5.02 Å². The molecule has 1 aromatic carbocycles. The number of nitrogens with zero attached hydrogens (tertiary/aromatic N) is 1. The molecule has 22 heavy (non-hydrogen) atoms. The lowest BCUT2D eigenvalue weighted by Gasteiger charge is -2.31. The molecule has 1 aromatic rings. The second-order valence-electron chi connectivity index (χ2n) is 5.74. The Morgan fingerprint density at radius 3 is 2.77 bits per heavy atom. The van der Waals surface area contributed by atoms with E-state index in [0.717, 1.165) is 0 Å². The van der Waals surface area contributed by atoms with Gasteiger partial charge in [0, 0.05) is 18.1 Å². The van der Waals surface area contributed by atoms with Crippen molar-refractivity contribution >= 4 is 23.5 Å². The molecule has 0 aromatic heterocycles. The summed E-state index contributed by atoms with van der Waals surface area (Å²) in [6.45, 7) is 4.53. The highest BCUT2D eigenvalue weighted by molar-refractivity contribution is 6.31. The topological polar surface area (TPSA) is 66.8 Å². The number of halogens is 1. The Bertz CT molecular complexity index is 573. The zero-order chi connectivity index (χ0) is 16.3. The molecule has 1 fully saturated rings. The van der Waals surface area contributed by atoms with E-state index in [9.17, 15) is 9.59 Å². The highest BCUT2D eigenvalue weighted by Crippen LogP contribution is 2.27. The summed E-state index contributed by atoms with van der Waals surface area (Å²) in [5.41, 5.74) is 0.382. The molecule has 1 amide bonds. The fourth-order valence-electron chi connectivity index (χ4n) is 2.56. The summed E-state index contributed by atoms with van der Waals surface area (Å²) in [5.74, 6) is -1.13. The van der Waals surface area contributed by atoms with Crippen molar-refractivity contribution in [2.45, 2.75) is 32.8 Å². The zero-order valence-corrected chi connectivity index (χ0v) is 13.5. The van der Waals surface area contributed by atoms with Crippen molar-refractivity contribution < 1.29 is 19.4 Å². The van der Waals surface area contributed by atoms with Crippen LogP contribution in [-0.2, 0) is 4.79 Å². The third-order valence-electron chi connectivity index (χ3n) is 3.59. The molecular formula is C16H20ClNO4. The standard InChI is InChI=1S/C16H20ClNO4/c1-10(2)22-14-6-5-12(17)8-13(14)15(19)18-7-3-4-11(9-18)16(20)21/h5-6,8,10-11H,3-4,7,9H2,1-2H3,(H,20,21)/t11-/m0/s1. The van der Waals surface area contributed by atoms with Gasteiger partial charge in [0.2, 0.25) is 0 Å². The fraction of sp³-hybridized carbons (Fsp3) is 0.500. The molecule has 0 radical (unpaired) electrons. The lowest BCUT2D eigenvalue weighted by Crippen LogP contribution is -2.42. The first-order chi connectivity index (χ1) is 10.4. The number of carboxylic acids is 1. The second-order valence-corrected chi connectivity index (χ2v) is 6.17. The maximum Gasteiger partial charge on any atom is 0.308 e. The molecule has 1 heterocycles. The predicted octanol–water partition coefficient (Wildman–Crippen LogP) is 3.06. The quantitative estimate of drug-likeness (QED) is 0.924. The van der Waals surface area contributed by atoms with Crippen molar-refractivity contribution in [3.8, 4) is 5.75 Å². The minimum atomic E-state index is -0.859. The van der Waals surface area contributed by atoms with Crippen molar-refractivity contribution in [1.29, 1.82) is 0 Å². The first-order valence-corrected chi connectivity index (χ1v) is 7.74. The number of hydrogen-bond acceptors (Lipinski definition) is 3. The van der Waals surface area contributed by atoms with Gasteiger partial charge >= 0.3 is 5.97 Å². The lowest BCUT2D eigenvalue weighted by molar-refractivity contribution is -0.143. The molecule has 6 heteroatoms. The number of amides is 1. The van der Waals surface area contributed by atoms with Crippen molar-refractivity contribution in [3.05, 3.63) is 28.8 Å². The summed E-state index contributed by atoms with van der Waals surface area (Å²) in [5, 5.41) is 9.59. The average molecular weight is 326 g/mol. The largest absolute Gasteiger partial charge is 0.490 e. The van der Waals surface area contributed by atoms with E-state index in [4.69, 9.17) is 21.4 Å². The highest BCUT2D eigenvalue weighted by Gasteiger charge is 2.30. The average Bonchev–Trinajstić information content (AvgIpc) is 2.48. The SMILES string of the molecule is CC(C)Oc1ccc(Cl)cc1C(=O)N1CCC[C@H](C(=O)O)C1. The molecule has 5 nitrogen and oxygen atoms in total. The Labute approximate surface area is 134 Å². The molecule has 1 atom stereocenters. The Hall–Kier alpha value is -1.75. The van der Waals surface area contributed by atoms with E-state index in [-0.39, 0.29) is 18.6 Å². The second kappa shape index (κ2) is 7.01. The van der Waals surface area contributed by atoms with Crippen molar-refractivity contribution in [2.75, 3.05) is 13.1 Å². The molecule has 1 N–H and O–H groups in total. The van der Waals surface area contributed by atoms with Gasteiger partial charge in [0.25, 0.3) is 5.91 Å². The summed E-state index contributed by atoms with van der Waals surface area (Å²) in [6.07, 6.45) is 1.22. The van der Waals surface area contributed by atoms with E-state index in [1.807, 2.05) is 13.8 Å². The molecule has 1 aliphatic rings. The summed E-state index contributed by atoms with van der Waals surface area (Å²) in [6, 6.07) is 4.92. The first kappa shape index (κ1) is 16.6. The Balaban J connectivity index is 2.24. The van der Waals surface area contributed by atoms with Gasteiger partial charge in [-0.05, 0) is 44.9 Å². The van der Waals surface area contributed by atoms with Crippen LogP contribution in [0.5, 0.6) is 5.75 Å². The van der Waals surface area contributed by atoms with Gasteiger partial charge < -0.3 is 14.7 Å². The van der Waals surface area contributed by atoms with Gasteiger partial charge in [-0.3, -0.25) is 9.59 Å². The Morgan fingerprint density at radius 2 is 2.14 bits per heavy atom. The minimum absolute atomic E-state index is 0.0687. The smallest absolute Gasteiger partial charge is 0.308 e. The van der Waals surface area contributed by atoms with E-state index in [1.54, 1.807) is 23.1 Å². The van der Waals surface area contributed by atoms with E-state index in [1.165, 1.54) is 0 Å². The molecular weight excluding hydrogens is 306 g/mol. The van der Waals surface area contributed by atoms with E-state index >= 15 is 0 Å². The minimum Gasteiger partial charge on any atom is -0.490 e. The molecule has 120 valence electrons. The first-order valence-electron chi connectivity index (χ1n) is 7.36. The van der Waals surface area contributed by atoms with Crippen LogP contribution in [0.1, 0.15) is 37.0 Å². The monoisotopic (exact) mass is 325 g/mol. The van der Waals surface area contributed by atoms with E-state index < -0.39 is 11.9 Å². The van der Waals surface area contributed by atoms with Crippen LogP contribution in [0.4, 0.5) is 0 Å². The Morgan fingerprint density at radius 1 is 1.41 bits per heavy atom. The zero-order valence-electron chi connectivity index (χ0n) is 12.7. The molecule has 0 aliphatic carbocycles. The lowest BCUT2D eigenvalue weighted by atomic mass is 9.97. The van der Waals surface area contributed by atoms with Crippen molar-refractivity contribution in [1.82, 2.24) is 4.90 Å². The fourth-order valence-corrected chi connectivity index (χ4v) is 2.73. The molecule has 1 aliphatic heterocycles. The summed E-state index contributed by atoms with van der Waals surface area (Å²) in [4.78, 5) is 25.4. The van der Waals surface area contributed by atoms with Gasteiger partial charge in [0.1, 0.15) is 5.75 Å². The molecule has 1 saturated heterocycles. The summed E-state index contributed by atoms with van der Waals surface area (Å²) in [7, 11) is 0. The predicted molar refractivity (Wildman–Crippen MR) is 83.5 cm³/mol. The number of hydrogen-bond donors (Lipinski definition) is 1. The number of rotatable bonds is 4. The van der Waals surface area contributed by atoms with Gasteiger partial charge in [-0.2, -0.15) is 0 Å². The number of ether oxygens (including phenoxy) is 1. The van der Waals surface area contributed by atoms with Crippen LogP contribution in [0, 0.1) is 5.92 Å². The summed E-state index contributed by atoms with van der Waals surface area (Å²) >= 11 is 6.00. The van der Waals surface area contributed by atoms with Crippen LogP contribution in [0.25, 0.3) is 0 Å². The van der Waals surface area contributed by atoms with E-state index in [2.05, 4.69) is 0 Å². The highest BCUT2D eigenvalue weighted by atomic mass is 35.5. The van der Waals surface area contributed by atoms with Gasteiger partial charge in [0.05, 0.1) is 17.6 Å². The number of aliphatic carboxylic acids is 1. The summed E-state index contributed by atoms with van der Waals surface area (Å²) < 4.78 is 5.66. The van der Waals surface area contributed by atoms with Crippen LogP contribution < -0.4 is 4.74 Å². The maximum absolute atomic E-state index is 12.7. The molecule has 0 bridgehead atoms. The number of carbonyl (C=O) groups excluding carboxylic acids is 1. The molecule has 0 unspecified atom stereocenters. The van der Waals surface area contributed by atoms with Gasteiger partial charge in [-0.15, -0.1) is 0 Å². The van der Waals surface area contributed by atoms with Crippen LogP contribution in [0.3, 0.4) is 0 Å². The number of likely N-dealkylation sites (tertiary alicyclic amines) is 1. The number of piperidine rings is 1. The number of benzene rings is 1. The number of carbonyl (C=O) groups is 2. The third kappa shape index (κ3) is 3.91. The van der Waals surface area contributed by atoms with Crippen LogP contribution in [-0.4, -0.2) is 41.1 Å². The van der Waals surface area contributed by atoms with Gasteiger partial charge in [-0.1, -0.05) is 11.6 Å². The maximum atomic E-state index is 12.7. The molecule has 0 spiro atoms. The van der Waals surface area contributed by atoms with Crippen LogP contribution >= 0.6 is 11.6 Å². The third-order valence-corrected chi connectivity index (χ3v) is 3.83. The van der Waals surface area contributed by atoms with Crippen LogP contribution in [0.15, 0.2) is 18.2 Å². The van der Waals surface area contributed by atoms with Crippen molar-refractivity contribution in [2.24, 2.45) is 5.92 Å². The van der Waals surface area contributed by atoms with E-state index in [0.29, 0.717) is 35.7 Å². The molecule has 0 saturated carbocycles. The van der Waals surface area contributed by atoms with Crippen molar-refractivity contribution in [3.63, 3.8) is 0 Å². The van der Waals surface area contributed by atoms with Gasteiger partial charge in [0.15, 0.2) is 0 Å². The number of carboxylic acid groups (broad SMARTS) is 1. The normalized spacial score (nSPS) is 18.4. The molecule has 2 rings (SSSR count).